The number of benzene rings is 2. The first-order chi connectivity index (χ1) is 11.5. The van der Waals surface area contributed by atoms with Crippen LogP contribution in [0, 0.1) is 11.6 Å². The Labute approximate surface area is 138 Å². The van der Waals surface area contributed by atoms with Crippen LogP contribution in [0.4, 0.5) is 14.5 Å². The monoisotopic (exact) mass is 332 g/mol. The SMILES string of the molecule is CCNC(=O)c1cccc(NC(=O)CCc2ccc(F)c(F)c2)c1. The Hall–Kier alpha value is -2.76. The molecule has 0 aliphatic carbocycles. The molecule has 0 fully saturated rings. The molecule has 126 valence electrons. The molecule has 0 saturated heterocycles. The zero-order valence-electron chi connectivity index (χ0n) is 13.2. The van der Waals surface area contributed by atoms with Gasteiger partial charge in [0.25, 0.3) is 5.91 Å². The largest absolute Gasteiger partial charge is 0.352 e. The number of hydrogen-bond donors (Lipinski definition) is 2. The number of nitrogens with one attached hydrogen (secondary N) is 2. The molecule has 2 aromatic rings. The van der Waals surface area contributed by atoms with E-state index in [1.54, 1.807) is 24.3 Å². The lowest BCUT2D eigenvalue weighted by Crippen LogP contribution is -2.22. The summed E-state index contributed by atoms with van der Waals surface area (Å²) in [6.07, 6.45) is 0.412. The maximum Gasteiger partial charge on any atom is 0.251 e. The molecule has 2 aromatic carbocycles. The minimum absolute atomic E-state index is 0.121. The van der Waals surface area contributed by atoms with Crippen molar-refractivity contribution in [1.29, 1.82) is 0 Å². The molecule has 6 heteroatoms. The number of aryl methyl sites for hydroxylation is 1. The third-order valence-corrected chi connectivity index (χ3v) is 3.37. The Morgan fingerprint density at radius 3 is 2.54 bits per heavy atom. The van der Waals surface area contributed by atoms with Gasteiger partial charge >= 0.3 is 0 Å². The highest BCUT2D eigenvalue weighted by Crippen LogP contribution is 2.13. The zero-order valence-corrected chi connectivity index (χ0v) is 13.2. The van der Waals surface area contributed by atoms with E-state index in [0.717, 1.165) is 12.1 Å². The van der Waals surface area contributed by atoms with Crippen molar-refractivity contribution in [2.75, 3.05) is 11.9 Å². The Morgan fingerprint density at radius 2 is 1.83 bits per heavy atom. The molecule has 2 amide bonds. The highest BCUT2D eigenvalue weighted by molar-refractivity contribution is 5.97. The van der Waals surface area contributed by atoms with E-state index in [9.17, 15) is 18.4 Å². The Kier molecular flexibility index (Phi) is 6.01. The molecule has 0 aromatic heterocycles. The molecule has 0 heterocycles. The number of carbonyl (C=O) groups excluding carboxylic acids is 2. The average molecular weight is 332 g/mol. The van der Waals surface area contributed by atoms with Gasteiger partial charge < -0.3 is 10.6 Å². The van der Waals surface area contributed by atoms with Crippen molar-refractivity contribution in [3.63, 3.8) is 0 Å². The van der Waals surface area contributed by atoms with Gasteiger partial charge in [0.2, 0.25) is 5.91 Å². The summed E-state index contributed by atoms with van der Waals surface area (Å²) in [4.78, 5) is 23.7. The summed E-state index contributed by atoms with van der Waals surface area (Å²) in [6, 6.07) is 10.2. The lowest BCUT2D eigenvalue weighted by molar-refractivity contribution is -0.116. The van der Waals surface area contributed by atoms with Crippen LogP contribution in [0.15, 0.2) is 42.5 Å². The fraction of sp³-hybridized carbons (Fsp3) is 0.222. The van der Waals surface area contributed by atoms with Crippen LogP contribution in [0.2, 0.25) is 0 Å². The first kappa shape index (κ1) is 17.6. The minimum Gasteiger partial charge on any atom is -0.352 e. The lowest BCUT2D eigenvalue weighted by atomic mass is 10.1. The number of anilines is 1. The topological polar surface area (TPSA) is 58.2 Å². The summed E-state index contributed by atoms with van der Waals surface area (Å²) in [6.45, 7) is 2.34. The van der Waals surface area contributed by atoms with Gasteiger partial charge in [0.15, 0.2) is 11.6 Å². The Bertz CT molecular complexity index is 748. The number of halogens is 2. The fourth-order valence-electron chi connectivity index (χ4n) is 2.18. The molecular formula is C18H18F2N2O2. The van der Waals surface area contributed by atoms with Crippen molar-refractivity contribution >= 4 is 17.5 Å². The van der Waals surface area contributed by atoms with Gasteiger partial charge in [0.05, 0.1) is 0 Å². The number of amides is 2. The molecule has 0 bridgehead atoms. The second-order valence-electron chi connectivity index (χ2n) is 5.24. The van der Waals surface area contributed by atoms with Gasteiger partial charge in [-0.15, -0.1) is 0 Å². The summed E-state index contributed by atoms with van der Waals surface area (Å²) < 4.78 is 26.0. The fourth-order valence-corrected chi connectivity index (χ4v) is 2.18. The normalized spacial score (nSPS) is 10.3. The van der Waals surface area contributed by atoms with E-state index >= 15 is 0 Å². The standard InChI is InChI=1S/C18H18F2N2O2/c1-2-21-18(24)13-4-3-5-14(11-13)22-17(23)9-7-12-6-8-15(19)16(20)10-12/h3-6,8,10-11H,2,7,9H2,1H3,(H,21,24)(H,22,23). The maximum atomic E-state index is 13.1. The van der Waals surface area contributed by atoms with Crippen molar-refractivity contribution in [3.05, 3.63) is 65.2 Å². The molecule has 2 rings (SSSR count). The number of carbonyl (C=O) groups is 2. The molecule has 0 radical (unpaired) electrons. The Balaban J connectivity index is 1.93. The molecular weight excluding hydrogens is 314 g/mol. The van der Waals surface area contributed by atoms with E-state index < -0.39 is 11.6 Å². The van der Waals surface area contributed by atoms with Gasteiger partial charge in [-0.1, -0.05) is 12.1 Å². The van der Waals surface area contributed by atoms with Crippen molar-refractivity contribution in [3.8, 4) is 0 Å². The van der Waals surface area contributed by atoms with Crippen molar-refractivity contribution in [2.45, 2.75) is 19.8 Å². The Morgan fingerprint density at radius 1 is 1.04 bits per heavy atom. The highest BCUT2D eigenvalue weighted by atomic mass is 19.2. The lowest BCUT2D eigenvalue weighted by Gasteiger charge is -2.08. The average Bonchev–Trinajstić information content (AvgIpc) is 2.56. The predicted octanol–water partition coefficient (Wildman–Crippen LogP) is 3.29. The van der Waals surface area contributed by atoms with E-state index in [2.05, 4.69) is 10.6 Å². The molecule has 2 N–H and O–H groups in total. The van der Waals surface area contributed by atoms with Crippen LogP contribution in [0.5, 0.6) is 0 Å². The van der Waals surface area contributed by atoms with Gasteiger partial charge in [0.1, 0.15) is 0 Å². The van der Waals surface area contributed by atoms with Gasteiger partial charge in [-0.25, -0.2) is 8.78 Å². The minimum atomic E-state index is -0.928. The molecule has 0 spiro atoms. The predicted molar refractivity (Wildman–Crippen MR) is 87.8 cm³/mol. The van der Waals surface area contributed by atoms with E-state index in [0.29, 0.717) is 29.8 Å². The van der Waals surface area contributed by atoms with Gasteiger partial charge in [0, 0.05) is 24.2 Å². The summed E-state index contributed by atoms with van der Waals surface area (Å²) in [5.74, 6) is -2.32. The quantitative estimate of drug-likeness (QED) is 0.853. The second kappa shape index (κ2) is 8.19. The van der Waals surface area contributed by atoms with Crippen LogP contribution in [0.25, 0.3) is 0 Å². The number of rotatable bonds is 6. The maximum absolute atomic E-state index is 13.1. The van der Waals surface area contributed by atoms with Crippen LogP contribution < -0.4 is 10.6 Å². The van der Waals surface area contributed by atoms with Crippen LogP contribution in [-0.4, -0.2) is 18.4 Å². The van der Waals surface area contributed by atoms with Crippen LogP contribution in [0.3, 0.4) is 0 Å². The van der Waals surface area contributed by atoms with E-state index in [-0.39, 0.29) is 18.2 Å². The molecule has 0 saturated carbocycles. The summed E-state index contributed by atoms with van der Waals surface area (Å²) in [7, 11) is 0. The first-order valence-electron chi connectivity index (χ1n) is 7.61. The van der Waals surface area contributed by atoms with E-state index in [1.165, 1.54) is 6.07 Å². The molecule has 0 aliphatic heterocycles. The molecule has 0 unspecified atom stereocenters. The van der Waals surface area contributed by atoms with Crippen molar-refractivity contribution in [1.82, 2.24) is 5.32 Å². The summed E-state index contributed by atoms with van der Waals surface area (Å²) in [5.41, 5.74) is 1.50. The third kappa shape index (κ3) is 4.87. The molecule has 24 heavy (non-hydrogen) atoms. The highest BCUT2D eigenvalue weighted by Gasteiger charge is 2.08. The van der Waals surface area contributed by atoms with E-state index in [1.807, 2.05) is 6.92 Å². The van der Waals surface area contributed by atoms with Crippen LogP contribution in [-0.2, 0) is 11.2 Å². The smallest absolute Gasteiger partial charge is 0.251 e. The van der Waals surface area contributed by atoms with Crippen LogP contribution in [0.1, 0.15) is 29.3 Å². The zero-order chi connectivity index (χ0) is 17.5. The molecule has 0 aliphatic rings. The molecule has 0 atom stereocenters. The van der Waals surface area contributed by atoms with Gasteiger partial charge in [-0.2, -0.15) is 0 Å². The second-order valence-corrected chi connectivity index (χ2v) is 5.24. The van der Waals surface area contributed by atoms with Gasteiger partial charge in [-0.05, 0) is 49.2 Å². The van der Waals surface area contributed by atoms with Crippen LogP contribution >= 0.6 is 0 Å². The first-order valence-corrected chi connectivity index (χ1v) is 7.61. The summed E-state index contributed by atoms with van der Waals surface area (Å²) >= 11 is 0. The summed E-state index contributed by atoms with van der Waals surface area (Å²) in [5, 5.41) is 5.37. The van der Waals surface area contributed by atoms with Crippen molar-refractivity contribution in [2.24, 2.45) is 0 Å². The number of hydrogen-bond acceptors (Lipinski definition) is 2. The van der Waals surface area contributed by atoms with Crippen molar-refractivity contribution < 1.29 is 18.4 Å². The van der Waals surface area contributed by atoms with E-state index in [4.69, 9.17) is 0 Å². The van der Waals surface area contributed by atoms with Gasteiger partial charge in [-0.3, -0.25) is 9.59 Å². The third-order valence-electron chi connectivity index (χ3n) is 3.37. The molecule has 4 nitrogen and oxygen atoms in total.